The Morgan fingerprint density at radius 1 is 1.13 bits per heavy atom. The van der Waals surface area contributed by atoms with E-state index in [1.165, 1.54) is 12.8 Å². The van der Waals surface area contributed by atoms with Crippen LogP contribution in [0.15, 0.2) is 0 Å². The summed E-state index contributed by atoms with van der Waals surface area (Å²) in [5.74, 6) is 0.833. The van der Waals surface area contributed by atoms with Gasteiger partial charge in [0.15, 0.2) is 0 Å². The average Bonchev–Trinajstić information content (AvgIpc) is 2.15. The van der Waals surface area contributed by atoms with Gasteiger partial charge in [0.1, 0.15) is 0 Å². The molecule has 0 bridgehead atoms. The smallest absolute Gasteiger partial charge is 0.236 e. The summed E-state index contributed by atoms with van der Waals surface area (Å²) in [6.45, 7) is 8.52. The molecule has 0 aromatic carbocycles. The van der Waals surface area contributed by atoms with Crippen LogP contribution in [0.2, 0.25) is 0 Å². The maximum Gasteiger partial charge on any atom is 0.236 e. The van der Waals surface area contributed by atoms with Gasteiger partial charge in [-0.2, -0.15) is 0 Å². The van der Waals surface area contributed by atoms with Crippen molar-refractivity contribution >= 4 is 5.91 Å². The van der Waals surface area contributed by atoms with Crippen molar-refractivity contribution in [1.29, 1.82) is 0 Å². The van der Waals surface area contributed by atoms with Crippen LogP contribution in [0, 0.1) is 5.92 Å². The van der Waals surface area contributed by atoms with E-state index in [1.54, 1.807) is 7.05 Å². The predicted molar refractivity (Wildman–Crippen MR) is 64.8 cm³/mol. The molecular weight excluding hydrogens is 188 g/mol. The molecule has 0 aliphatic heterocycles. The summed E-state index contributed by atoms with van der Waals surface area (Å²) in [6, 6.07) is 0.320. The Kier molecular flexibility index (Phi) is 7.39. The molecule has 0 spiro atoms. The van der Waals surface area contributed by atoms with Gasteiger partial charge in [-0.15, -0.1) is 0 Å². The highest BCUT2D eigenvalue weighted by Gasteiger charge is 2.13. The SMILES string of the molecule is CNC(=O)[C@@H](C)NC(C)CCCC(C)C. The van der Waals surface area contributed by atoms with Gasteiger partial charge in [-0.25, -0.2) is 0 Å². The topological polar surface area (TPSA) is 41.1 Å². The number of hydrogen-bond donors (Lipinski definition) is 2. The van der Waals surface area contributed by atoms with Gasteiger partial charge in [-0.1, -0.05) is 26.7 Å². The Morgan fingerprint density at radius 2 is 1.73 bits per heavy atom. The molecule has 0 aromatic rings. The fourth-order valence-corrected chi connectivity index (χ4v) is 1.63. The Hall–Kier alpha value is -0.570. The summed E-state index contributed by atoms with van der Waals surface area (Å²) in [6.07, 6.45) is 3.63. The summed E-state index contributed by atoms with van der Waals surface area (Å²) >= 11 is 0. The highest BCUT2D eigenvalue weighted by Crippen LogP contribution is 2.08. The third-order valence-corrected chi connectivity index (χ3v) is 2.59. The maximum absolute atomic E-state index is 11.3. The van der Waals surface area contributed by atoms with Gasteiger partial charge in [-0.3, -0.25) is 4.79 Å². The van der Waals surface area contributed by atoms with Gasteiger partial charge >= 0.3 is 0 Å². The first-order chi connectivity index (χ1) is 6.97. The molecule has 1 unspecified atom stereocenters. The lowest BCUT2D eigenvalue weighted by atomic mass is 10.0. The second-order valence-corrected chi connectivity index (χ2v) is 4.73. The number of rotatable bonds is 7. The molecule has 3 nitrogen and oxygen atoms in total. The van der Waals surface area contributed by atoms with Crippen molar-refractivity contribution in [2.24, 2.45) is 5.92 Å². The second kappa shape index (κ2) is 7.69. The van der Waals surface area contributed by atoms with Crippen LogP contribution in [0.4, 0.5) is 0 Å². The van der Waals surface area contributed by atoms with Gasteiger partial charge in [0.05, 0.1) is 6.04 Å². The average molecular weight is 214 g/mol. The van der Waals surface area contributed by atoms with E-state index in [2.05, 4.69) is 31.4 Å². The first-order valence-electron chi connectivity index (χ1n) is 5.95. The summed E-state index contributed by atoms with van der Waals surface area (Å²) < 4.78 is 0. The monoisotopic (exact) mass is 214 g/mol. The minimum absolute atomic E-state index is 0.0608. The fourth-order valence-electron chi connectivity index (χ4n) is 1.63. The molecule has 15 heavy (non-hydrogen) atoms. The van der Waals surface area contributed by atoms with Crippen LogP contribution in [0.3, 0.4) is 0 Å². The minimum atomic E-state index is -0.0935. The van der Waals surface area contributed by atoms with Crippen molar-refractivity contribution < 1.29 is 4.79 Å². The number of amides is 1. The van der Waals surface area contributed by atoms with Gasteiger partial charge in [0, 0.05) is 13.1 Å². The molecule has 0 fully saturated rings. The van der Waals surface area contributed by atoms with Crippen LogP contribution in [-0.4, -0.2) is 25.0 Å². The van der Waals surface area contributed by atoms with E-state index in [0.29, 0.717) is 6.04 Å². The molecule has 0 aromatic heterocycles. The maximum atomic E-state index is 11.3. The van der Waals surface area contributed by atoms with E-state index in [4.69, 9.17) is 0 Å². The van der Waals surface area contributed by atoms with Crippen LogP contribution >= 0.6 is 0 Å². The molecule has 0 heterocycles. The molecule has 0 rings (SSSR count). The van der Waals surface area contributed by atoms with E-state index < -0.39 is 0 Å². The van der Waals surface area contributed by atoms with Gasteiger partial charge < -0.3 is 10.6 Å². The number of nitrogens with one attached hydrogen (secondary N) is 2. The number of likely N-dealkylation sites (N-methyl/N-ethyl adjacent to an activating group) is 1. The second-order valence-electron chi connectivity index (χ2n) is 4.73. The molecule has 0 aliphatic carbocycles. The van der Waals surface area contributed by atoms with Crippen LogP contribution in [0.5, 0.6) is 0 Å². The first-order valence-corrected chi connectivity index (χ1v) is 5.95. The van der Waals surface area contributed by atoms with E-state index in [0.717, 1.165) is 12.3 Å². The van der Waals surface area contributed by atoms with E-state index in [9.17, 15) is 4.79 Å². The zero-order valence-corrected chi connectivity index (χ0v) is 10.8. The highest BCUT2D eigenvalue weighted by atomic mass is 16.2. The quantitative estimate of drug-likeness (QED) is 0.680. The molecule has 1 amide bonds. The van der Waals surface area contributed by atoms with Crippen molar-refractivity contribution in [3.63, 3.8) is 0 Å². The van der Waals surface area contributed by atoms with Crippen molar-refractivity contribution in [3.05, 3.63) is 0 Å². The Balaban J connectivity index is 3.64. The molecule has 0 saturated carbocycles. The van der Waals surface area contributed by atoms with Crippen molar-refractivity contribution in [2.45, 2.75) is 59.0 Å². The summed E-state index contributed by atoms with van der Waals surface area (Å²) in [5.41, 5.74) is 0. The third-order valence-electron chi connectivity index (χ3n) is 2.59. The lowest BCUT2D eigenvalue weighted by molar-refractivity contribution is -0.122. The van der Waals surface area contributed by atoms with Crippen LogP contribution in [0.1, 0.15) is 47.0 Å². The van der Waals surface area contributed by atoms with E-state index >= 15 is 0 Å². The number of hydrogen-bond acceptors (Lipinski definition) is 2. The normalized spacial score (nSPS) is 15.1. The predicted octanol–water partition coefficient (Wildman–Crippen LogP) is 1.93. The van der Waals surface area contributed by atoms with E-state index in [-0.39, 0.29) is 11.9 Å². The van der Waals surface area contributed by atoms with Crippen LogP contribution in [-0.2, 0) is 4.79 Å². The third kappa shape index (κ3) is 7.37. The molecule has 2 atom stereocenters. The zero-order valence-electron chi connectivity index (χ0n) is 10.8. The molecule has 2 N–H and O–H groups in total. The van der Waals surface area contributed by atoms with Crippen molar-refractivity contribution in [2.75, 3.05) is 7.05 Å². The molecule has 0 saturated heterocycles. The Labute approximate surface area is 94.0 Å². The highest BCUT2D eigenvalue weighted by molar-refractivity contribution is 5.80. The zero-order chi connectivity index (χ0) is 11.8. The van der Waals surface area contributed by atoms with Gasteiger partial charge in [0.25, 0.3) is 0 Å². The van der Waals surface area contributed by atoms with Crippen molar-refractivity contribution in [3.8, 4) is 0 Å². The largest absolute Gasteiger partial charge is 0.358 e. The Morgan fingerprint density at radius 3 is 2.20 bits per heavy atom. The van der Waals surface area contributed by atoms with Crippen LogP contribution < -0.4 is 10.6 Å². The standard InChI is InChI=1S/C12H26N2O/c1-9(2)7-6-8-10(3)14-11(4)12(15)13-5/h9-11,14H,6-8H2,1-5H3,(H,13,15)/t10?,11-/m1/s1. The lowest BCUT2D eigenvalue weighted by Crippen LogP contribution is -2.44. The summed E-state index contributed by atoms with van der Waals surface area (Å²) in [5, 5.41) is 5.94. The van der Waals surface area contributed by atoms with E-state index in [1.807, 2.05) is 6.92 Å². The summed E-state index contributed by atoms with van der Waals surface area (Å²) in [7, 11) is 1.67. The molecular formula is C12H26N2O. The first kappa shape index (κ1) is 14.4. The van der Waals surface area contributed by atoms with Crippen molar-refractivity contribution in [1.82, 2.24) is 10.6 Å². The van der Waals surface area contributed by atoms with Gasteiger partial charge in [0.2, 0.25) is 5.91 Å². The molecule has 3 heteroatoms. The number of carbonyl (C=O) groups excluding carboxylic acids is 1. The molecule has 0 aliphatic rings. The molecule has 90 valence electrons. The number of carbonyl (C=O) groups is 1. The van der Waals surface area contributed by atoms with Crippen LogP contribution in [0.25, 0.3) is 0 Å². The lowest BCUT2D eigenvalue weighted by Gasteiger charge is -2.19. The fraction of sp³-hybridized carbons (Fsp3) is 0.917. The minimum Gasteiger partial charge on any atom is -0.358 e. The summed E-state index contributed by atoms with van der Waals surface area (Å²) in [4.78, 5) is 11.3. The Bertz CT molecular complexity index is 180. The van der Waals surface area contributed by atoms with Gasteiger partial charge in [-0.05, 0) is 26.2 Å². The molecule has 0 radical (unpaired) electrons.